The van der Waals surface area contributed by atoms with Crippen LogP contribution < -0.4 is 4.74 Å². The maximum Gasteiger partial charge on any atom is 0.384 e. The zero-order valence-electron chi connectivity index (χ0n) is 11.2. The predicted molar refractivity (Wildman–Crippen MR) is 70.3 cm³/mol. The van der Waals surface area contributed by atoms with E-state index in [1.54, 1.807) is 7.11 Å². The molecule has 0 atom stereocenters. The molecule has 1 rings (SSSR count). The molecule has 18 heavy (non-hydrogen) atoms. The zero-order valence-corrected chi connectivity index (χ0v) is 11.2. The molecule has 0 heterocycles. The van der Waals surface area contributed by atoms with Crippen LogP contribution in [0.15, 0.2) is 24.3 Å². The molecule has 0 amide bonds. The molecule has 0 aliphatic rings. The van der Waals surface area contributed by atoms with Gasteiger partial charge in [0.2, 0.25) is 0 Å². The molecule has 0 fully saturated rings. The first kappa shape index (κ1) is 14.1. The molecule has 0 N–H and O–H groups in total. The van der Waals surface area contributed by atoms with E-state index in [1.807, 2.05) is 45.0 Å². The number of carbonyl (C=O) groups excluding carboxylic acids is 1. The summed E-state index contributed by atoms with van der Waals surface area (Å²) >= 11 is 0. The summed E-state index contributed by atoms with van der Waals surface area (Å²) in [7, 11) is 1.62. The molecule has 0 radical (unpaired) electrons. The van der Waals surface area contributed by atoms with Crippen molar-refractivity contribution in [2.45, 2.75) is 32.8 Å². The Morgan fingerprint density at radius 3 is 2.33 bits per heavy atom. The lowest BCUT2D eigenvalue weighted by molar-refractivity contribution is -0.147. The number of hydrogen-bond acceptors (Lipinski definition) is 3. The van der Waals surface area contributed by atoms with E-state index in [2.05, 4.69) is 11.8 Å². The molecular formula is C15H18O3. The van der Waals surface area contributed by atoms with Crippen LogP contribution >= 0.6 is 0 Å². The molecule has 96 valence electrons. The summed E-state index contributed by atoms with van der Waals surface area (Å²) < 4.78 is 10.1. The molecule has 0 bridgehead atoms. The van der Waals surface area contributed by atoms with Crippen LogP contribution in [0, 0.1) is 11.8 Å². The Balaban J connectivity index is 2.52. The van der Waals surface area contributed by atoms with Crippen molar-refractivity contribution in [3.05, 3.63) is 29.8 Å². The average Bonchev–Trinajstić information content (AvgIpc) is 2.27. The van der Waals surface area contributed by atoms with Crippen LogP contribution in [0.2, 0.25) is 0 Å². The van der Waals surface area contributed by atoms with Crippen molar-refractivity contribution in [3.63, 3.8) is 0 Å². The van der Waals surface area contributed by atoms with Gasteiger partial charge < -0.3 is 9.47 Å². The second-order valence-electron chi connectivity index (χ2n) is 4.83. The van der Waals surface area contributed by atoms with E-state index >= 15 is 0 Å². The smallest absolute Gasteiger partial charge is 0.384 e. The summed E-state index contributed by atoms with van der Waals surface area (Å²) in [6, 6.07) is 7.57. The minimum Gasteiger partial charge on any atom is -0.497 e. The van der Waals surface area contributed by atoms with Gasteiger partial charge in [-0.3, -0.25) is 0 Å². The van der Waals surface area contributed by atoms with E-state index in [0.717, 1.165) is 11.3 Å². The van der Waals surface area contributed by atoms with E-state index in [4.69, 9.17) is 9.47 Å². The molecule has 0 aliphatic carbocycles. The van der Waals surface area contributed by atoms with Crippen molar-refractivity contribution in [2.75, 3.05) is 7.11 Å². The second kappa shape index (κ2) is 6.11. The van der Waals surface area contributed by atoms with Crippen molar-refractivity contribution < 1.29 is 14.3 Å². The maximum atomic E-state index is 11.3. The van der Waals surface area contributed by atoms with Gasteiger partial charge in [-0.15, -0.1) is 0 Å². The number of rotatable bonds is 2. The number of hydrogen-bond donors (Lipinski definition) is 0. The monoisotopic (exact) mass is 246 g/mol. The van der Waals surface area contributed by atoms with Gasteiger partial charge in [0.05, 0.1) is 7.11 Å². The first-order valence-corrected chi connectivity index (χ1v) is 5.75. The molecule has 0 spiro atoms. The Hall–Kier alpha value is -1.95. The van der Waals surface area contributed by atoms with E-state index in [0.29, 0.717) is 6.42 Å². The third-order valence-electron chi connectivity index (χ3n) is 2.04. The van der Waals surface area contributed by atoms with Gasteiger partial charge in [-0.1, -0.05) is 18.1 Å². The van der Waals surface area contributed by atoms with Gasteiger partial charge >= 0.3 is 5.97 Å². The van der Waals surface area contributed by atoms with Crippen LogP contribution in [0.4, 0.5) is 0 Å². The zero-order chi connectivity index (χ0) is 13.6. The van der Waals surface area contributed by atoms with Crippen LogP contribution in [0.5, 0.6) is 5.75 Å². The standard InChI is InChI=1S/C15H18O3/c1-15(2,3)18-14(16)7-5-6-12-8-10-13(17-4)11-9-12/h8-11H,6H2,1-4H3. The van der Waals surface area contributed by atoms with Crippen LogP contribution in [-0.2, 0) is 16.0 Å². The van der Waals surface area contributed by atoms with Gasteiger partial charge in [0.1, 0.15) is 11.4 Å². The summed E-state index contributed by atoms with van der Waals surface area (Å²) in [6.45, 7) is 5.45. The third kappa shape index (κ3) is 5.40. The van der Waals surface area contributed by atoms with E-state index in [-0.39, 0.29) is 0 Å². The average molecular weight is 246 g/mol. The molecule has 0 saturated carbocycles. The molecular weight excluding hydrogens is 228 g/mol. The molecule has 3 nitrogen and oxygen atoms in total. The highest BCUT2D eigenvalue weighted by Gasteiger charge is 2.13. The van der Waals surface area contributed by atoms with Crippen molar-refractivity contribution in [1.82, 2.24) is 0 Å². The number of esters is 1. The maximum absolute atomic E-state index is 11.3. The molecule has 0 unspecified atom stereocenters. The van der Waals surface area contributed by atoms with Gasteiger partial charge in [0.15, 0.2) is 0 Å². The van der Waals surface area contributed by atoms with Gasteiger partial charge in [0.25, 0.3) is 0 Å². The lowest BCUT2D eigenvalue weighted by Gasteiger charge is -2.16. The topological polar surface area (TPSA) is 35.5 Å². The number of benzene rings is 1. The third-order valence-corrected chi connectivity index (χ3v) is 2.04. The Bertz CT molecular complexity index is 455. The Kier molecular flexibility index (Phi) is 4.79. The Labute approximate surface area is 108 Å². The SMILES string of the molecule is COc1ccc(CC#CC(=O)OC(C)(C)C)cc1. The minimum absolute atomic E-state index is 0.490. The van der Waals surface area contributed by atoms with E-state index < -0.39 is 11.6 Å². The fourth-order valence-electron chi connectivity index (χ4n) is 1.27. The summed E-state index contributed by atoms with van der Waals surface area (Å²) in [5, 5.41) is 0. The normalized spacial score (nSPS) is 10.2. The summed E-state index contributed by atoms with van der Waals surface area (Å²) in [4.78, 5) is 11.3. The van der Waals surface area contributed by atoms with Gasteiger partial charge in [-0.05, 0) is 38.5 Å². The van der Waals surface area contributed by atoms with Crippen molar-refractivity contribution in [2.24, 2.45) is 0 Å². The highest BCUT2D eigenvalue weighted by molar-refractivity contribution is 5.88. The number of ether oxygens (including phenoxy) is 2. The molecule has 1 aromatic carbocycles. The fraction of sp³-hybridized carbons (Fsp3) is 0.400. The fourth-order valence-corrected chi connectivity index (χ4v) is 1.27. The highest BCUT2D eigenvalue weighted by Crippen LogP contribution is 2.11. The lowest BCUT2D eigenvalue weighted by Crippen LogP contribution is -2.22. The van der Waals surface area contributed by atoms with Crippen molar-refractivity contribution in [3.8, 4) is 17.6 Å². The number of methoxy groups -OCH3 is 1. The summed E-state index contributed by atoms with van der Waals surface area (Å²) in [5.74, 6) is 5.58. The number of carbonyl (C=O) groups is 1. The first-order chi connectivity index (χ1) is 8.40. The Morgan fingerprint density at radius 2 is 1.83 bits per heavy atom. The largest absolute Gasteiger partial charge is 0.497 e. The molecule has 0 aliphatic heterocycles. The summed E-state index contributed by atoms with van der Waals surface area (Å²) in [6.07, 6.45) is 0.517. The van der Waals surface area contributed by atoms with Crippen molar-refractivity contribution in [1.29, 1.82) is 0 Å². The Morgan fingerprint density at radius 1 is 1.22 bits per heavy atom. The second-order valence-corrected chi connectivity index (χ2v) is 4.83. The quantitative estimate of drug-likeness (QED) is 0.457. The minimum atomic E-state index is -0.494. The van der Waals surface area contributed by atoms with E-state index in [1.165, 1.54) is 0 Å². The molecule has 1 aromatic rings. The van der Waals surface area contributed by atoms with Crippen LogP contribution in [0.1, 0.15) is 26.3 Å². The van der Waals surface area contributed by atoms with Crippen LogP contribution in [0.3, 0.4) is 0 Å². The van der Waals surface area contributed by atoms with Gasteiger partial charge in [0, 0.05) is 12.3 Å². The van der Waals surface area contributed by atoms with Gasteiger partial charge in [-0.2, -0.15) is 0 Å². The van der Waals surface area contributed by atoms with E-state index in [9.17, 15) is 4.79 Å². The molecule has 0 saturated heterocycles. The van der Waals surface area contributed by atoms with Crippen molar-refractivity contribution >= 4 is 5.97 Å². The first-order valence-electron chi connectivity index (χ1n) is 5.75. The van der Waals surface area contributed by atoms with Crippen LogP contribution in [0.25, 0.3) is 0 Å². The predicted octanol–water partition coefficient (Wildman–Crippen LogP) is 2.58. The molecule has 3 heteroatoms. The molecule has 0 aromatic heterocycles. The lowest BCUT2D eigenvalue weighted by atomic mass is 10.1. The highest BCUT2D eigenvalue weighted by atomic mass is 16.6. The van der Waals surface area contributed by atoms with Gasteiger partial charge in [-0.25, -0.2) is 4.79 Å². The van der Waals surface area contributed by atoms with Crippen LogP contribution in [-0.4, -0.2) is 18.7 Å². The summed E-state index contributed by atoms with van der Waals surface area (Å²) in [5.41, 5.74) is 0.540.